The maximum Gasteiger partial charge on any atom is 0.283 e. The number of carbonyl (C=O) groups excluding carboxylic acids is 1. The number of nitrogens with one attached hydrogen (secondary N) is 2. The fraction of sp³-hybridized carbons (Fsp3) is 0.120. The normalized spacial score (nSPS) is 10.9. The first-order valence-corrected chi connectivity index (χ1v) is 11.5. The highest BCUT2D eigenvalue weighted by Crippen LogP contribution is 2.25. The van der Waals surface area contributed by atoms with Crippen LogP contribution in [0.2, 0.25) is 0 Å². The Morgan fingerprint density at radius 3 is 2.71 bits per heavy atom. The Labute approximate surface area is 204 Å². The standard InChI is InChI=1S/C25H21N5O4S/c1-33-18-11-10-16(21(13-18)34-2)14-26-22(31)15-6-5-7-17(12-15)27-24-29-30-23(32)19-8-3-4-9-20(19)28-25(30)35-24/h3-13H,14H2,1-2H3,(H,26,31)(H,27,29). The number of para-hydroxylation sites is 1. The van der Waals surface area contributed by atoms with E-state index in [1.54, 1.807) is 56.7 Å². The van der Waals surface area contributed by atoms with Crippen molar-refractivity contribution in [1.29, 1.82) is 0 Å². The van der Waals surface area contributed by atoms with E-state index in [1.807, 2.05) is 24.3 Å². The van der Waals surface area contributed by atoms with E-state index in [0.29, 0.717) is 50.3 Å². The first-order chi connectivity index (χ1) is 17.1. The van der Waals surface area contributed by atoms with Crippen LogP contribution in [0, 0.1) is 0 Å². The third-order valence-corrected chi connectivity index (χ3v) is 6.24. The summed E-state index contributed by atoms with van der Waals surface area (Å²) in [6.45, 7) is 0.295. The average Bonchev–Trinajstić information content (AvgIpc) is 3.29. The summed E-state index contributed by atoms with van der Waals surface area (Å²) in [7, 11) is 3.16. The predicted molar refractivity (Wildman–Crippen MR) is 135 cm³/mol. The van der Waals surface area contributed by atoms with Gasteiger partial charge in [-0.25, -0.2) is 4.98 Å². The van der Waals surface area contributed by atoms with Crippen LogP contribution in [0.5, 0.6) is 11.5 Å². The third kappa shape index (κ3) is 4.51. The molecular weight excluding hydrogens is 466 g/mol. The van der Waals surface area contributed by atoms with Crippen molar-refractivity contribution in [3.63, 3.8) is 0 Å². The fourth-order valence-corrected chi connectivity index (χ4v) is 4.46. The van der Waals surface area contributed by atoms with Gasteiger partial charge in [0.05, 0.1) is 25.1 Å². The Kier molecular flexibility index (Phi) is 6.02. The van der Waals surface area contributed by atoms with Crippen molar-refractivity contribution in [2.75, 3.05) is 19.5 Å². The highest BCUT2D eigenvalue weighted by atomic mass is 32.1. The maximum absolute atomic E-state index is 12.8. The van der Waals surface area contributed by atoms with Gasteiger partial charge >= 0.3 is 0 Å². The van der Waals surface area contributed by atoms with E-state index >= 15 is 0 Å². The van der Waals surface area contributed by atoms with Gasteiger partial charge in [0.25, 0.3) is 11.5 Å². The average molecular weight is 488 g/mol. The minimum Gasteiger partial charge on any atom is -0.497 e. The number of methoxy groups -OCH3 is 2. The molecule has 0 saturated heterocycles. The van der Waals surface area contributed by atoms with Crippen molar-refractivity contribution in [3.05, 3.63) is 88.2 Å². The molecule has 2 N–H and O–H groups in total. The molecule has 0 fully saturated rings. The molecule has 5 aromatic rings. The molecule has 10 heteroatoms. The largest absolute Gasteiger partial charge is 0.497 e. The van der Waals surface area contributed by atoms with Gasteiger partial charge in [-0.3, -0.25) is 9.59 Å². The molecule has 0 radical (unpaired) electrons. The van der Waals surface area contributed by atoms with Gasteiger partial charge in [-0.2, -0.15) is 4.52 Å². The first kappa shape index (κ1) is 22.4. The minimum absolute atomic E-state index is 0.225. The van der Waals surface area contributed by atoms with Gasteiger partial charge in [0.15, 0.2) is 0 Å². The Morgan fingerprint density at radius 2 is 1.89 bits per heavy atom. The van der Waals surface area contributed by atoms with E-state index in [9.17, 15) is 9.59 Å². The van der Waals surface area contributed by atoms with E-state index in [0.717, 1.165) is 5.56 Å². The van der Waals surface area contributed by atoms with Gasteiger partial charge in [0, 0.05) is 29.4 Å². The molecule has 0 aliphatic carbocycles. The van der Waals surface area contributed by atoms with Crippen LogP contribution in [0.1, 0.15) is 15.9 Å². The van der Waals surface area contributed by atoms with Gasteiger partial charge in [0.2, 0.25) is 10.1 Å². The molecular formula is C25H21N5O4S. The van der Waals surface area contributed by atoms with E-state index < -0.39 is 0 Å². The molecule has 0 atom stereocenters. The molecule has 2 heterocycles. The zero-order chi connectivity index (χ0) is 24.4. The van der Waals surface area contributed by atoms with E-state index in [4.69, 9.17) is 9.47 Å². The topological polar surface area (TPSA) is 107 Å². The number of benzene rings is 3. The Balaban J connectivity index is 1.33. The van der Waals surface area contributed by atoms with Crippen LogP contribution in [0.3, 0.4) is 0 Å². The number of anilines is 2. The number of rotatable bonds is 7. The summed E-state index contributed by atoms with van der Waals surface area (Å²) in [5.74, 6) is 1.07. The van der Waals surface area contributed by atoms with E-state index in [-0.39, 0.29) is 11.5 Å². The molecule has 0 bridgehead atoms. The quantitative estimate of drug-likeness (QED) is 0.357. The van der Waals surface area contributed by atoms with Crippen molar-refractivity contribution in [2.45, 2.75) is 6.54 Å². The zero-order valence-corrected chi connectivity index (χ0v) is 19.8. The Morgan fingerprint density at radius 1 is 1.03 bits per heavy atom. The molecule has 2 aromatic heterocycles. The Hall–Kier alpha value is -4.44. The maximum atomic E-state index is 12.8. The fourth-order valence-electron chi connectivity index (χ4n) is 3.64. The van der Waals surface area contributed by atoms with Crippen molar-refractivity contribution < 1.29 is 14.3 Å². The van der Waals surface area contributed by atoms with Crippen molar-refractivity contribution in [1.82, 2.24) is 19.9 Å². The van der Waals surface area contributed by atoms with Crippen LogP contribution in [-0.2, 0) is 6.54 Å². The van der Waals surface area contributed by atoms with Crippen LogP contribution >= 0.6 is 11.3 Å². The van der Waals surface area contributed by atoms with Crippen molar-refractivity contribution in [2.24, 2.45) is 0 Å². The van der Waals surface area contributed by atoms with Crippen molar-refractivity contribution in [3.8, 4) is 11.5 Å². The molecule has 1 amide bonds. The second kappa shape index (κ2) is 9.43. The van der Waals surface area contributed by atoms with E-state index in [1.165, 1.54) is 15.9 Å². The molecule has 0 spiro atoms. The molecule has 0 saturated carbocycles. The highest BCUT2D eigenvalue weighted by molar-refractivity contribution is 7.20. The number of hydrogen-bond acceptors (Lipinski definition) is 8. The predicted octanol–water partition coefficient (Wildman–Crippen LogP) is 4.00. The second-order valence-corrected chi connectivity index (χ2v) is 8.56. The molecule has 5 rings (SSSR count). The van der Waals surface area contributed by atoms with Crippen LogP contribution < -0.4 is 25.7 Å². The molecule has 176 valence electrons. The summed E-state index contributed by atoms with van der Waals surface area (Å²) in [5.41, 5.74) is 2.37. The lowest BCUT2D eigenvalue weighted by atomic mass is 10.1. The summed E-state index contributed by atoms with van der Waals surface area (Å²) in [6.07, 6.45) is 0. The third-order valence-electron chi connectivity index (χ3n) is 5.41. The lowest BCUT2D eigenvalue weighted by Crippen LogP contribution is -2.23. The molecule has 0 unspecified atom stereocenters. The molecule has 9 nitrogen and oxygen atoms in total. The summed E-state index contributed by atoms with van der Waals surface area (Å²) in [4.78, 5) is 30.5. The van der Waals surface area contributed by atoms with Gasteiger partial charge in [0.1, 0.15) is 11.5 Å². The number of carbonyl (C=O) groups is 1. The smallest absolute Gasteiger partial charge is 0.283 e. The number of hydrogen-bond donors (Lipinski definition) is 2. The lowest BCUT2D eigenvalue weighted by Gasteiger charge is -2.12. The van der Waals surface area contributed by atoms with Gasteiger partial charge in [-0.05, 0) is 42.5 Å². The Bertz CT molecular complexity index is 1610. The number of amides is 1. The van der Waals surface area contributed by atoms with Crippen LogP contribution in [-0.4, -0.2) is 34.7 Å². The molecule has 3 aromatic carbocycles. The van der Waals surface area contributed by atoms with Crippen molar-refractivity contribution >= 4 is 43.9 Å². The second-order valence-electron chi connectivity index (χ2n) is 7.60. The summed E-state index contributed by atoms with van der Waals surface area (Å²) in [5, 5.41) is 11.4. The molecule has 35 heavy (non-hydrogen) atoms. The number of ether oxygens (including phenoxy) is 2. The SMILES string of the molecule is COc1ccc(CNC(=O)c2cccc(Nc3nn4c(=O)c5ccccc5nc4s3)c2)c(OC)c1. The lowest BCUT2D eigenvalue weighted by molar-refractivity contribution is 0.0950. The van der Waals surface area contributed by atoms with Gasteiger partial charge in [-0.15, -0.1) is 5.10 Å². The first-order valence-electron chi connectivity index (χ1n) is 10.7. The number of aromatic nitrogens is 3. The van der Waals surface area contributed by atoms with E-state index in [2.05, 4.69) is 20.7 Å². The zero-order valence-electron chi connectivity index (χ0n) is 18.9. The summed E-state index contributed by atoms with van der Waals surface area (Å²) < 4.78 is 11.9. The monoisotopic (exact) mass is 487 g/mol. The number of fused-ring (bicyclic) bond motifs is 2. The van der Waals surface area contributed by atoms with Gasteiger partial charge < -0.3 is 20.1 Å². The summed E-state index contributed by atoms with van der Waals surface area (Å²) >= 11 is 1.25. The molecule has 0 aliphatic heterocycles. The minimum atomic E-state index is -0.236. The van der Waals surface area contributed by atoms with Crippen LogP contribution in [0.25, 0.3) is 15.9 Å². The summed E-state index contributed by atoms with van der Waals surface area (Å²) in [6, 6.07) is 19.6. The molecule has 0 aliphatic rings. The van der Waals surface area contributed by atoms with Gasteiger partial charge in [-0.1, -0.05) is 29.5 Å². The van der Waals surface area contributed by atoms with Crippen LogP contribution in [0.15, 0.2) is 71.5 Å². The highest BCUT2D eigenvalue weighted by Gasteiger charge is 2.13. The number of nitrogens with zero attached hydrogens (tertiary/aromatic N) is 3. The van der Waals surface area contributed by atoms with Crippen LogP contribution in [0.4, 0.5) is 10.8 Å².